The lowest BCUT2D eigenvalue weighted by molar-refractivity contribution is -0.134. The predicted octanol–water partition coefficient (Wildman–Crippen LogP) is 1.08. The first kappa shape index (κ1) is 17.9. The van der Waals surface area contributed by atoms with E-state index in [-0.39, 0.29) is 30.1 Å². The van der Waals surface area contributed by atoms with Gasteiger partial charge in [-0.3, -0.25) is 19.3 Å². The first-order valence-electron chi connectivity index (χ1n) is 8.45. The van der Waals surface area contributed by atoms with Gasteiger partial charge in [-0.2, -0.15) is 0 Å². The molecule has 0 radical (unpaired) electrons. The minimum atomic E-state index is -0.760. The van der Waals surface area contributed by atoms with Gasteiger partial charge in [0, 0.05) is 26.2 Å². The zero-order valence-corrected chi connectivity index (χ0v) is 15.1. The summed E-state index contributed by atoms with van der Waals surface area (Å²) in [7, 11) is 0. The number of hydrogen-bond acceptors (Lipinski definition) is 4. The summed E-state index contributed by atoms with van der Waals surface area (Å²) in [6.07, 6.45) is 0. The number of carbonyl (C=O) groups is 3. The van der Waals surface area contributed by atoms with Crippen molar-refractivity contribution in [3.63, 3.8) is 0 Å². The van der Waals surface area contributed by atoms with Crippen molar-refractivity contribution >= 4 is 30.1 Å². The number of hydrogen-bond donors (Lipinski definition) is 1. The monoisotopic (exact) mass is 363 g/mol. The van der Waals surface area contributed by atoms with Crippen molar-refractivity contribution in [2.45, 2.75) is 19.9 Å². The number of benzene rings is 1. The molecule has 2 fully saturated rings. The van der Waals surface area contributed by atoms with E-state index in [1.807, 2.05) is 17.9 Å². The highest BCUT2D eigenvalue weighted by Crippen LogP contribution is 2.29. The molecule has 3 aliphatic rings. The fraction of sp³-hybridized carbons (Fsp3) is 0.500. The Morgan fingerprint density at radius 2 is 1.72 bits per heavy atom. The minimum absolute atomic E-state index is 0. The maximum absolute atomic E-state index is 12.8. The third-order valence-electron chi connectivity index (χ3n) is 5.52. The fourth-order valence-corrected chi connectivity index (χ4v) is 4.14. The standard InChI is InChI=1S/C18H21N3O3.ClH/c1-10-3-4-14-15(5-10)18(24)21(17(14)23)11(2)16(22)20-8-12-6-19-7-13(12)9-20;/h3-5,11-13,19H,6-9H2,1-2H3;1H/t11?,12-,13+;. The molecule has 2 saturated heterocycles. The van der Waals surface area contributed by atoms with E-state index in [0.29, 0.717) is 36.1 Å². The van der Waals surface area contributed by atoms with E-state index in [4.69, 9.17) is 0 Å². The fourth-order valence-electron chi connectivity index (χ4n) is 4.14. The van der Waals surface area contributed by atoms with Crippen LogP contribution in [0.15, 0.2) is 18.2 Å². The van der Waals surface area contributed by atoms with Gasteiger partial charge in [0.25, 0.3) is 11.8 Å². The molecule has 3 amide bonds. The molecule has 1 aromatic rings. The molecule has 25 heavy (non-hydrogen) atoms. The van der Waals surface area contributed by atoms with Gasteiger partial charge in [0.05, 0.1) is 11.1 Å². The van der Waals surface area contributed by atoms with Crippen LogP contribution in [0.5, 0.6) is 0 Å². The number of nitrogens with zero attached hydrogens (tertiary/aromatic N) is 2. The van der Waals surface area contributed by atoms with Gasteiger partial charge in [-0.15, -0.1) is 12.4 Å². The first-order chi connectivity index (χ1) is 11.5. The number of rotatable bonds is 2. The van der Waals surface area contributed by atoms with Crippen LogP contribution < -0.4 is 5.32 Å². The Bertz CT molecular complexity index is 739. The van der Waals surface area contributed by atoms with Crippen LogP contribution in [0.25, 0.3) is 0 Å². The number of imide groups is 1. The average molecular weight is 364 g/mol. The van der Waals surface area contributed by atoms with Gasteiger partial charge >= 0.3 is 0 Å². The molecule has 0 bridgehead atoms. The van der Waals surface area contributed by atoms with Crippen LogP contribution in [0, 0.1) is 18.8 Å². The van der Waals surface area contributed by atoms with Crippen molar-refractivity contribution in [1.82, 2.24) is 15.1 Å². The van der Waals surface area contributed by atoms with Crippen molar-refractivity contribution < 1.29 is 14.4 Å². The second-order valence-corrected chi connectivity index (χ2v) is 7.13. The number of nitrogens with one attached hydrogen (secondary N) is 1. The van der Waals surface area contributed by atoms with Gasteiger partial charge in [-0.1, -0.05) is 11.6 Å². The Morgan fingerprint density at radius 3 is 2.36 bits per heavy atom. The van der Waals surface area contributed by atoms with Crippen molar-refractivity contribution in [3.05, 3.63) is 34.9 Å². The predicted molar refractivity (Wildman–Crippen MR) is 94.8 cm³/mol. The molecule has 4 rings (SSSR count). The molecule has 0 spiro atoms. The number of halogens is 1. The van der Waals surface area contributed by atoms with E-state index in [2.05, 4.69) is 5.32 Å². The molecule has 0 saturated carbocycles. The second-order valence-electron chi connectivity index (χ2n) is 7.13. The third kappa shape index (κ3) is 2.73. The first-order valence-corrected chi connectivity index (χ1v) is 8.45. The van der Waals surface area contributed by atoms with Gasteiger partial charge in [0.1, 0.15) is 6.04 Å². The van der Waals surface area contributed by atoms with E-state index in [1.165, 1.54) is 0 Å². The lowest BCUT2D eigenvalue weighted by Gasteiger charge is -2.27. The maximum atomic E-state index is 12.8. The van der Waals surface area contributed by atoms with Crippen LogP contribution in [-0.2, 0) is 4.79 Å². The summed E-state index contributed by atoms with van der Waals surface area (Å²) >= 11 is 0. The normalized spacial score (nSPS) is 25.7. The second kappa shape index (κ2) is 6.42. The molecule has 134 valence electrons. The minimum Gasteiger partial charge on any atom is -0.340 e. The van der Waals surface area contributed by atoms with Crippen molar-refractivity contribution in [1.29, 1.82) is 0 Å². The van der Waals surface area contributed by atoms with Crippen LogP contribution >= 0.6 is 12.4 Å². The Morgan fingerprint density at radius 1 is 1.12 bits per heavy atom. The quantitative estimate of drug-likeness (QED) is 0.798. The summed E-state index contributed by atoms with van der Waals surface area (Å²) in [5.41, 5.74) is 1.73. The number of carbonyl (C=O) groups excluding carboxylic acids is 3. The van der Waals surface area contributed by atoms with Gasteiger partial charge < -0.3 is 10.2 Å². The van der Waals surface area contributed by atoms with Crippen molar-refractivity contribution in [2.24, 2.45) is 11.8 Å². The molecular weight excluding hydrogens is 342 g/mol. The topological polar surface area (TPSA) is 69.7 Å². The summed E-state index contributed by atoms with van der Waals surface area (Å²) in [5, 5.41) is 3.34. The maximum Gasteiger partial charge on any atom is 0.262 e. The summed E-state index contributed by atoms with van der Waals surface area (Å²) in [6.45, 7) is 6.84. The molecular formula is C18H22ClN3O3. The van der Waals surface area contributed by atoms with Crippen molar-refractivity contribution in [3.8, 4) is 0 Å². The van der Waals surface area contributed by atoms with Gasteiger partial charge in [-0.05, 0) is 37.8 Å². The van der Waals surface area contributed by atoms with E-state index >= 15 is 0 Å². The Balaban J connectivity index is 0.00000182. The van der Waals surface area contributed by atoms with E-state index in [1.54, 1.807) is 19.1 Å². The molecule has 3 heterocycles. The van der Waals surface area contributed by atoms with Crippen LogP contribution in [0.4, 0.5) is 0 Å². The van der Waals surface area contributed by atoms with Crippen LogP contribution in [0.2, 0.25) is 0 Å². The molecule has 7 heteroatoms. The van der Waals surface area contributed by atoms with E-state index in [9.17, 15) is 14.4 Å². The third-order valence-corrected chi connectivity index (χ3v) is 5.52. The summed E-state index contributed by atoms with van der Waals surface area (Å²) in [5.74, 6) is 0.130. The van der Waals surface area contributed by atoms with Gasteiger partial charge in [-0.25, -0.2) is 0 Å². The number of likely N-dealkylation sites (tertiary alicyclic amines) is 1. The van der Waals surface area contributed by atoms with Crippen LogP contribution in [0.1, 0.15) is 33.2 Å². The molecule has 0 aliphatic carbocycles. The average Bonchev–Trinajstić information content (AvgIpc) is 3.20. The summed E-state index contributed by atoms with van der Waals surface area (Å²) in [4.78, 5) is 41.0. The number of amides is 3. The Labute approximate surface area is 153 Å². The highest BCUT2D eigenvalue weighted by Gasteiger charge is 2.45. The summed E-state index contributed by atoms with van der Waals surface area (Å²) < 4.78 is 0. The lowest BCUT2D eigenvalue weighted by atomic mass is 10.0. The lowest BCUT2D eigenvalue weighted by Crippen LogP contribution is -2.49. The molecule has 3 atom stereocenters. The molecule has 1 unspecified atom stereocenters. The van der Waals surface area contributed by atoms with Crippen LogP contribution in [0.3, 0.4) is 0 Å². The summed E-state index contributed by atoms with van der Waals surface area (Å²) in [6, 6.07) is 4.45. The van der Waals surface area contributed by atoms with E-state index in [0.717, 1.165) is 23.6 Å². The zero-order chi connectivity index (χ0) is 17.0. The largest absolute Gasteiger partial charge is 0.340 e. The number of aryl methyl sites for hydroxylation is 1. The SMILES string of the molecule is Cc1ccc2c(c1)C(=O)N(C(C)C(=O)N1C[C@H]3CNC[C@H]3C1)C2=O.Cl. The Hall–Kier alpha value is -1.92. The van der Waals surface area contributed by atoms with Crippen LogP contribution in [-0.4, -0.2) is 59.7 Å². The van der Waals surface area contributed by atoms with Gasteiger partial charge in [0.2, 0.25) is 5.91 Å². The highest BCUT2D eigenvalue weighted by atomic mass is 35.5. The Kier molecular flexibility index (Phi) is 4.60. The molecule has 1 N–H and O–H groups in total. The molecule has 6 nitrogen and oxygen atoms in total. The highest BCUT2D eigenvalue weighted by molar-refractivity contribution is 6.22. The van der Waals surface area contributed by atoms with Crippen molar-refractivity contribution in [2.75, 3.05) is 26.2 Å². The molecule has 0 aromatic heterocycles. The number of fused-ring (bicyclic) bond motifs is 2. The van der Waals surface area contributed by atoms with E-state index < -0.39 is 6.04 Å². The smallest absolute Gasteiger partial charge is 0.262 e. The zero-order valence-electron chi connectivity index (χ0n) is 14.3. The molecule has 3 aliphatic heterocycles. The van der Waals surface area contributed by atoms with Gasteiger partial charge in [0.15, 0.2) is 0 Å². The molecule has 1 aromatic carbocycles.